The van der Waals surface area contributed by atoms with E-state index in [-0.39, 0.29) is 21.7 Å². The number of rotatable bonds is 8. The highest BCUT2D eigenvalue weighted by atomic mass is 32.2. The average molecular weight is 565 g/mol. The summed E-state index contributed by atoms with van der Waals surface area (Å²) >= 11 is 1.30. The quantitative estimate of drug-likeness (QED) is 0.289. The number of benzene rings is 3. The van der Waals surface area contributed by atoms with Crippen molar-refractivity contribution in [1.29, 1.82) is 0 Å². The molecule has 0 fully saturated rings. The summed E-state index contributed by atoms with van der Waals surface area (Å²) in [6, 6.07) is 20.5. The Bertz CT molecular complexity index is 1640. The van der Waals surface area contributed by atoms with E-state index in [1.807, 2.05) is 18.2 Å². The maximum absolute atomic E-state index is 13.3. The second kappa shape index (κ2) is 11.0. The van der Waals surface area contributed by atoms with Crippen LogP contribution in [-0.4, -0.2) is 31.7 Å². The molecule has 1 aliphatic rings. The van der Waals surface area contributed by atoms with Gasteiger partial charge < -0.3 is 11.1 Å². The number of sulfonamides is 1. The molecule has 200 valence electrons. The fraction of sp³-hybridized carbons (Fsp3) is 0.143. The highest BCUT2D eigenvalue weighted by Crippen LogP contribution is 2.38. The van der Waals surface area contributed by atoms with Gasteiger partial charge in [-0.15, -0.1) is 11.3 Å². The Labute approximate surface area is 229 Å². The number of hydrogen-bond donors (Lipinski definition) is 3. The molecular formula is C28H25FN4O4S2. The van der Waals surface area contributed by atoms with Crippen molar-refractivity contribution in [2.24, 2.45) is 5.73 Å². The number of halogens is 1. The number of amides is 2. The van der Waals surface area contributed by atoms with Gasteiger partial charge in [0.15, 0.2) is 0 Å². The van der Waals surface area contributed by atoms with Crippen LogP contribution in [0.5, 0.6) is 0 Å². The molecular weight excluding hydrogens is 539 g/mol. The molecule has 0 aliphatic carbocycles. The SMILES string of the molecule is NC(=O)c1c(NC(=O)c2ccccc2NS(=O)(=O)c2ccc(F)cc2)sc2c1CCN(Cc1ccccc1)C2. The van der Waals surface area contributed by atoms with E-state index < -0.39 is 27.7 Å². The lowest BCUT2D eigenvalue weighted by molar-refractivity contribution is 0.0999. The fourth-order valence-corrected chi connectivity index (χ4v) is 6.91. The zero-order valence-electron chi connectivity index (χ0n) is 20.7. The molecule has 8 nitrogen and oxygen atoms in total. The van der Waals surface area contributed by atoms with Crippen molar-refractivity contribution in [2.75, 3.05) is 16.6 Å². The van der Waals surface area contributed by atoms with Crippen LogP contribution in [-0.2, 0) is 29.5 Å². The van der Waals surface area contributed by atoms with Crippen LogP contribution in [0.1, 0.15) is 36.7 Å². The molecule has 0 saturated heterocycles. The number of para-hydroxylation sites is 1. The van der Waals surface area contributed by atoms with Crippen molar-refractivity contribution >= 4 is 43.9 Å². The van der Waals surface area contributed by atoms with Crippen molar-refractivity contribution < 1.29 is 22.4 Å². The van der Waals surface area contributed by atoms with Crippen molar-refractivity contribution in [3.05, 3.63) is 112 Å². The molecule has 2 amide bonds. The number of anilines is 2. The van der Waals surface area contributed by atoms with E-state index in [2.05, 4.69) is 27.1 Å². The Morgan fingerprint density at radius 1 is 0.974 bits per heavy atom. The summed E-state index contributed by atoms with van der Waals surface area (Å²) in [5.41, 5.74) is 8.11. The number of nitrogens with two attached hydrogens (primary N) is 1. The maximum Gasteiger partial charge on any atom is 0.261 e. The molecule has 1 aliphatic heterocycles. The number of fused-ring (bicyclic) bond motifs is 1. The molecule has 11 heteroatoms. The van der Waals surface area contributed by atoms with E-state index >= 15 is 0 Å². The van der Waals surface area contributed by atoms with E-state index in [1.165, 1.54) is 29.0 Å². The van der Waals surface area contributed by atoms with Gasteiger partial charge in [0.05, 0.1) is 21.7 Å². The van der Waals surface area contributed by atoms with Crippen molar-refractivity contribution in [2.45, 2.75) is 24.4 Å². The topological polar surface area (TPSA) is 122 Å². The van der Waals surface area contributed by atoms with Gasteiger partial charge in [-0.3, -0.25) is 19.2 Å². The predicted molar refractivity (Wildman–Crippen MR) is 149 cm³/mol. The molecule has 0 radical (unpaired) electrons. The van der Waals surface area contributed by atoms with Crippen LogP contribution < -0.4 is 15.8 Å². The van der Waals surface area contributed by atoms with Gasteiger partial charge in [-0.25, -0.2) is 12.8 Å². The van der Waals surface area contributed by atoms with Crippen LogP contribution in [0.4, 0.5) is 15.1 Å². The first-order valence-corrected chi connectivity index (χ1v) is 14.4. The predicted octanol–water partition coefficient (Wildman–Crippen LogP) is 4.60. The molecule has 1 aromatic heterocycles. The Balaban J connectivity index is 1.38. The van der Waals surface area contributed by atoms with Gasteiger partial charge >= 0.3 is 0 Å². The largest absolute Gasteiger partial charge is 0.365 e. The van der Waals surface area contributed by atoms with Crippen LogP contribution in [0.25, 0.3) is 0 Å². The molecule has 0 saturated carbocycles. The highest BCUT2D eigenvalue weighted by molar-refractivity contribution is 7.92. The van der Waals surface area contributed by atoms with Gasteiger partial charge in [-0.1, -0.05) is 42.5 Å². The van der Waals surface area contributed by atoms with Gasteiger partial charge in [0.2, 0.25) is 0 Å². The van der Waals surface area contributed by atoms with E-state index in [0.717, 1.165) is 47.8 Å². The third-order valence-electron chi connectivity index (χ3n) is 6.40. The Morgan fingerprint density at radius 3 is 2.38 bits per heavy atom. The standard InChI is InChI=1S/C28H25FN4O4S2/c29-19-10-12-20(13-11-19)39(36,37)32-23-9-5-4-8-21(23)27(35)31-28-25(26(30)34)22-14-15-33(17-24(22)38-28)16-18-6-2-1-3-7-18/h1-13,32H,14-17H2,(H2,30,34)(H,31,35). The lowest BCUT2D eigenvalue weighted by Crippen LogP contribution is -2.30. The summed E-state index contributed by atoms with van der Waals surface area (Å²) in [4.78, 5) is 28.8. The first-order chi connectivity index (χ1) is 18.7. The maximum atomic E-state index is 13.3. The number of carbonyl (C=O) groups is 2. The molecule has 39 heavy (non-hydrogen) atoms. The van der Waals surface area contributed by atoms with Crippen molar-refractivity contribution in [1.82, 2.24) is 4.90 Å². The molecule has 3 aromatic carbocycles. The van der Waals surface area contributed by atoms with Gasteiger partial charge in [0, 0.05) is 24.5 Å². The monoisotopic (exact) mass is 564 g/mol. The van der Waals surface area contributed by atoms with E-state index in [9.17, 15) is 22.4 Å². The van der Waals surface area contributed by atoms with Gasteiger partial charge in [0.1, 0.15) is 10.8 Å². The van der Waals surface area contributed by atoms with Gasteiger partial charge in [-0.2, -0.15) is 0 Å². The van der Waals surface area contributed by atoms with Crippen LogP contribution >= 0.6 is 11.3 Å². The van der Waals surface area contributed by atoms with E-state index in [1.54, 1.807) is 12.1 Å². The van der Waals surface area contributed by atoms with Crippen molar-refractivity contribution in [3.63, 3.8) is 0 Å². The number of carbonyl (C=O) groups excluding carboxylic acids is 2. The van der Waals surface area contributed by atoms with Crippen LogP contribution in [0.15, 0.2) is 83.8 Å². The second-order valence-corrected chi connectivity index (χ2v) is 11.9. The average Bonchev–Trinajstić information content (AvgIpc) is 3.27. The summed E-state index contributed by atoms with van der Waals surface area (Å²) in [6.45, 7) is 2.10. The Morgan fingerprint density at radius 2 is 1.67 bits per heavy atom. The Hall–Kier alpha value is -4.06. The smallest absolute Gasteiger partial charge is 0.261 e. The third-order valence-corrected chi connectivity index (χ3v) is 8.91. The summed E-state index contributed by atoms with van der Waals surface area (Å²) in [7, 11) is -4.09. The molecule has 4 aromatic rings. The highest BCUT2D eigenvalue weighted by Gasteiger charge is 2.28. The summed E-state index contributed by atoms with van der Waals surface area (Å²) in [5.74, 6) is -1.81. The number of nitrogens with zero attached hydrogens (tertiary/aromatic N) is 1. The van der Waals surface area contributed by atoms with E-state index in [0.29, 0.717) is 18.0 Å². The number of nitrogens with one attached hydrogen (secondary N) is 2. The zero-order chi connectivity index (χ0) is 27.6. The molecule has 4 N–H and O–H groups in total. The minimum atomic E-state index is -4.09. The molecule has 5 rings (SSSR count). The van der Waals surface area contributed by atoms with Crippen LogP contribution in [0, 0.1) is 5.82 Å². The van der Waals surface area contributed by atoms with Gasteiger partial charge in [0.25, 0.3) is 21.8 Å². The number of thiophene rings is 1. The molecule has 0 atom stereocenters. The molecule has 2 heterocycles. The summed E-state index contributed by atoms with van der Waals surface area (Å²) < 4.78 is 41.4. The lowest BCUT2D eigenvalue weighted by Gasteiger charge is -2.27. The van der Waals surface area contributed by atoms with Crippen LogP contribution in [0.2, 0.25) is 0 Å². The zero-order valence-corrected chi connectivity index (χ0v) is 22.3. The summed E-state index contributed by atoms with van der Waals surface area (Å²) in [5, 5.41) is 3.11. The van der Waals surface area contributed by atoms with Gasteiger partial charge in [-0.05, 0) is 53.9 Å². The number of primary amides is 1. The molecule has 0 spiro atoms. The number of hydrogen-bond acceptors (Lipinski definition) is 6. The second-order valence-electron chi connectivity index (χ2n) is 9.08. The fourth-order valence-electron chi connectivity index (χ4n) is 4.54. The minimum absolute atomic E-state index is 0.0373. The third kappa shape index (κ3) is 5.85. The molecule has 0 unspecified atom stereocenters. The first kappa shape index (κ1) is 26.5. The van der Waals surface area contributed by atoms with E-state index in [4.69, 9.17) is 5.73 Å². The minimum Gasteiger partial charge on any atom is -0.365 e. The first-order valence-electron chi connectivity index (χ1n) is 12.1. The normalized spacial score (nSPS) is 13.5. The summed E-state index contributed by atoms with van der Waals surface area (Å²) in [6.07, 6.45) is 0.612. The lowest BCUT2D eigenvalue weighted by atomic mass is 10.0. The van der Waals surface area contributed by atoms with Crippen LogP contribution in [0.3, 0.4) is 0 Å². The Kier molecular flexibility index (Phi) is 7.47. The molecule has 0 bridgehead atoms. The van der Waals surface area contributed by atoms with Crippen molar-refractivity contribution in [3.8, 4) is 0 Å².